The standard InChI is InChI=1S/C12H19NO2/c14-7-3-6-13-9-11-5-2-1-4-10(11)8-12(13)15/h1-2,10-11,14H,3-9H2/t10-,11-/m0/s1. The Hall–Kier alpha value is -0.830. The second-order valence-corrected chi connectivity index (χ2v) is 4.58. The van der Waals surface area contributed by atoms with Crippen molar-refractivity contribution in [1.82, 2.24) is 4.90 Å². The highest BCUT2D eigenvalue weighted by Crippen LogP contribution is 2.33. The molecule has 0 spiro atoms. The second-order valence-electron chi connectivity index (χ2n) is 4.58. The van der Waals surface area contributed by atoms with Crippen LogP contribution in [0.15, 0.2) is 12.2 Å². The van der Waals surface area contributed by atoms with Gasteiger partial charge in [0.05, 0.1) is 0 Å². The van der Waals surface area contributed by atoms with Crippen molar-refractivity contribution >= 4 is 5.91 Å². The third-order valence-corrected chi connectivity index (χ3v) is 3.54. The van der Waals surface area contributed by atoms with Crippen LogP contribution in [0.2, 0.25) is 0 Å². The minimum Gasteiger partial charge on any atom is -0.396 e. The molecule has 0 radical (unpaired) electrons. The van der Waals surface area contributed by atoms with Crippen LogP contribution in [-0.4, -0.2) is 35.6 Å². The number of allylic oxidation sites excluding steroid dienone is 2. The molecule has 2 aliphatic rings. The Balaban J connectivity index is 1.93. The molecule has 2 rings (SSSR count). The summed E-state index contributed by atoms with van der Waals surface area (Å²) in [6.07, 6.45) is 8.05. The summed E-state index contributed by atoms with van der Waals surface area (Å²) in [4.78, 5) is 13.7. The molecule has 0 aromatic carbocycles. The van der Waals surface area contributed by atoms with E-state index in [1.807, 2.05) is 4.90 Å². The molecule has 0 unspecified atom stereocenters. The number of piperidine rings is 1. The van der Waals surface area contributed by atoms with E-state index in [2.05, 4.69) is 12.2 Å². The third kappa shape index (κ3) is 2.40. The first-order valence-electron chi connectivity index (χ1n) is 5.85. The zero-order valence-electron chi connectivity index (χ0n) is 9.06. The number of aliphatic hydroxyl groups excluding tert-OH is 1. The Morgan fingerprint density at radius 3 is 2.80 bits per heavy atom. The maximum Gasteiger partial charge on any atom is 0.222 e. The Morgan fingerprint density at radius 1 is 1.33 bits per heavy atom. The summed E-state index contributed by atoms with van der Waals surface area (Å²) in [6, 6.07) is 0. The van der Waals surface area contributed by atoms with Crippen LogP contribution >= 0.6 is 0 Å². The highest BCUT2D eigenvalue weighted by atomic mass is 16.3. The average Bonchev–Trinajstić information content (AvgIpc) is 2.26. The van der Waals surface area contributed by atoms with Crippen molar-refractivity contribution < 1.29 is 9.90 Å². The van der Waals surface area contributed by atoms with Gasteiger partial charge < -0.3 is 10.0 Å². The molecule has 1 amide bonds. The van der Waals surface area contributed by atoms with Crippen LogP contribution in [0.4, 0.5) is 0 Å². The fourth-order valence-corrected chi connectivity index (χ4v) is 2.62. The van der Waals surface area contributed by atoms with Crippen molar-refractivity contribution in [1.29, 1.82) is 0 Å². The lowest BCUT2D eigenvalue weighted by molar-refractivity contribution is -0.137. The summed E-state index contributed by atoms with van der Waals surface area (Å²) in [7, 11) is 0. The zero-order chi connectivity index (χ0) is 10.7. The number of nitrogens with zero attached hydrogens (tertiary/aromatic N) is 1. The van der Waals surface area contributed by atoms with Gasteiger partial charge in [0.25, 0.3) is 0 Å². The normalized spacial score (nSPS) is 30.5. The van der Waals surface area contributed by atoms with Crippen molar-refractivity contribution in [3.63, 3.8) is 0 Å². The molecule has 1 fully saturated rings. The molecule has 1 saturated heterocycles. The van der Waals surface area contributed by atoms with Crippen LogP contribution in [0.5, 0.6) is 0 Å². The Labute approximate surface area is 90.8 Å². The van der Waals surface area contributed by atoms with Crippen molar-refractivity contribution in [2.24, 2.45) is 11.8 Å². The lowest BCUT2D eigenvalue weighted by Gasteiger charge is -2.39. The summed E-state index contributed by atoms with van der Waals surface area (Å²) >= 11 is 0. The number of amides is 1. The molecule has 0 aromatic heterocycles. The monoisotopic (exact) mass is 209 g/mol. The molecule has 1 aliphatic heterocycles. The van der Waals surface area contributed by atoms with Gasteiger partial charge in [-0.3, -0.25) is 4.79 Å². The van der Waals surface area contributed by atoms with Gasteiger partial charge in [-0.15, -0.1) is 0 Å². The van der Waals surface area contributed by atoms with Crippen molar-refractivity contribution in [3.8, 4) is 0 Å². The average molecular weight is 209 g/mol. The van der Waals surface area contributed by atoms with Gasteiger partial charge in [0, 0.05) is 26.1 Å². The number of likely N-dealkylation sites (tertiary alicyclic amines) is 1. The predicted octanol–water partition coefficient (Wildman–Crippen LogP) is 1.18. The summed E-state index contributed by atoms with van der Waals surface area (Å²) in [5.41, 5.74) is 0. The summed E-state index contributed by atoms with van der Waals surface area (Å²) in [6.45, 7) is 1.80. The molecule has 2 atom stereocenters. The Kier molecular flexibility index (Phi) is 3.41. The van der Waals surface area contributed by atoms with Gasteiger partial charge in [-0.25, -0.2) is 0 Å². The van der Waals surface area contributed by atoms with Crippen LogP contribution in [-0.2, 0) is 4.79 Å². The number of carbonyl (C=O) groups excluding carboxylic acids is 1. The van der Waals surface area contributed by atoms with Crippen molar-refractivity contribution in [2.75, 3.05) is 19.7 Å². The maximum absolute atomic E-state index is 11.8. The number of carbonyl (C=O) groups is 1. The van der Waals surface area contributed by atoms with Gasteiger partial charge >= 0.3 is 0 Å². The lowest BCUT2D eigenvalue weighted by Crippen LogP contribution is -2.45. The SMILES string of the molecule is O=C1C[C@@H]2CC=CC[C@H]2CN1CCCO. The van der Waals surface area contributed by atoms with E-state index in [1.54, 1.807) is 0 Å². The zero-order valence-corrected chi connectivity index (χ0v) is 9.06. The van der Waals surface area contributed by atoms with E-state index in [-0.39, 0.29) is 12.5 Å². The number of fused-ring (bicyclic) bond motifs is 1. The Morgan fingerprint density at radius 2 is 2.07 bits per heavy atom. The van der Waals surface area contributed by atoms with Gasteiger partial charge in [-0.2, -0.15) is 0 Å². The van der Waals surface area contributed by atoms with E-state index in [4.69, 9.17) is 5.11 Å². The smallest absolute Gasteiger partial charge is 0.222 e. The first-order chi connectivity index (χ1) is 7.31. The molecule has 0 bridgehead atoms. The fourth-order valence-electron chi connectivity index (χ4n) is 2.62. The molecule has 0 aromatic rings. The number of aliphatic hydroxyl groups is 1. The van der Waals surface area contributed by atoms with Gasteiger partial charge in [0.15, 0.2) is 0 Å². The predicted molar refractivity (Wildman–Crippen MR) is 58.3 cm³/mol. The summed E-state index contributed by atoms with van der Waals surface area (Å²) in [5.74, 6) is 1.51. The number of rotatable bonds is 3. The minimum atomic E-state index is 0.178. The quantitative estimate of drug-likeness (QED) is 0.709. The molecule has 1 heterocycles. The first-order valence-corrected chi connectivity index (χ1v) is 5.85. The molecule has 3 heteroatoms. The number of hydrogen-bond donors (Lipinski definition) is 1. The van der Waals surface area contributed by atoms with Crippen LogP contribution in [0.25, 0.3) is 0 Å². The molecule has 1 N–H and O–H groups in total. The van der Waals surface area contributed by atoms with E-state index in [9.17, 15) is 4.79 Å². The first kappa shape index (κ1) is 10.7. The molecular weight excluding hydrogens is 190 g/mol. The van der Waals surface area contributed by atoms with E-state index in [0.29, 0.717) is 24.7 Å². The molecule has 0 saturated carbocycles. The van der Waals surface area contributed by atoms with Gasteiger partial charge in [-0.1, -0.05) is 12.2 Å². The van der Waals surface area contributed by atoms with Gasteiger partial charge in [0.2, 0.25) is 5.91 Å². The van der Waals surface area contributed by atoms with Crippen LogP contribution < -0.4 is 0 Å². The molecule has 1 aliphatic carbocycles. The van der Waals surface area contributed by atoms with E-state index >= 15 is 0 Å². The summed E-state index contributed by atoms with van der Waals surface area (Å²) < 4.78 is 0. The molecule has 84 valence electrons. The van der Waals surface area contributed by atoms with E-state index < -0.39 is 0 Å². The molecule has 3 nitrogen and oxygen atoms in total. The van der Waals surface area contributed by atoms with Gasteiger partial charge in [0.1, 0.15) is 0 Å². The largest absolute Gasteiger partial charge is 0.396 e. The molecular formula is C12H19NO2. The third-order valence-electron chi connectivity index (χ3n) is 3.54. The summed E-state index contributed by atoms with van der Waals surface area (Å²) in [5, 5.41) is 8.77. The van der Waals surface area contributed by atoms with Crippen molar-refractivity contribution in [3.05, 3.63) is 12.2 Å². The van der Waals surface area contributed by atoms with Crippen molar-refractivity contribution in [2.45, 2.75) is 25.7 Å². The number of hydrogen-bond acceptors (Lipinski definition) is 2. The van der Waals surface area contributed by atoms with Crippen LogP contribution in [0.1, 0.15) is 25.7 Å². The molecule has 15 heavy (non-hydrogen) atoms. The topological polar surface area (TPSA) is 40.5 Å². The maximum atomic E-state index is 11.8. The highest BCUT2D eigenvalue weighted by molar-refractivity contribution is 5.77. The van der Waals surface area contributed by atoms with E-state index in [1.165, 1.54) is 0 Å². The lowest BCUT2D eigenvalue weighted by atomic mass is 9.78. The Bertz CT molecular complexity index is 262. The van der Waals surface area contributed by atoms with Gasteiger partial charge in [-0.05, 0) is 31.1 Å². The van der Waals surface area contributed by atoms with Crippen LogP contribution in [0.3, 0.4) is 0 Å². The fraction of sp³-hybridized carbons (Fsp3) is 0.750. The highest BCUT2D eigenvalue weighted by Gasteiger charge is 2.33. The second kappa shape index (κ2) is 4.79. The van der Waals surface area contributed by atoms with E-state index in [0.717, 1.165) is 25.9 Å². The minimum absolute atomic E-state index is 0.178. The van der Waals surface area contributed by atoms with Crippen LogP contribution in [0, 0.1) is 11.8 Å².